The van der Waals surface area contributed by atoms with Crippen LogP contribution < -0.4 is 0 Å². The van der Waals surface area contributed by atoms with E-state index in [1.54, 1.807) is 0 Å². The summed E-state index contributed by atoms with van der Waals surface area (Å²) in [6.45, 7) is 4.50. The van der Waals surface area contributed by atoms with E-state index in [2.05, 4.69) is 161 Å². The molecule has 0 aliphatic heterocycles. The molecule has 104 heavy (non-hydrogen) atoms. The van der Waals surface area contributed by atoms with Crippen LogP contribution in [0.25, 0.3) is 0 Å². The van der Waals surface area contributed by atoms with Crippen molar-refractivity contribution >= 4 is 39.5 Å². The van der Waals surface area contributed by atoms with Crippen molar-refractivity contribution in [2.75, 3.05) is 39.6 Å². The van der Waals surface area contributed by atoms with Crippen molar-refractivity contribution in [3.8, 4) is 0 Å². The van der Waals surface area contributed by atoms with Crippen molar-refractivity contribution in [1.29, 1.82) is 0 Å². The van der Waals surface area contributed by atoms with E-state index in [-0.39, 0.29) is 25.7 Å². The molecule has 0 amide bonds. The molecular formula is C85H144O17P2. The maximum atomic E-state index is 13.1. The summed E-state index contributed by atoms with van der Waals surface area (Å²) in [5, 5.41) is 10.6. The van der Waals surface area contributed by atoms with Crippen LogP contribution in [0.5, 0.6) is 0 Å². The SMILES string of the molecule is CC/C=C\C/C=C\C/C=C\C/C=C\CCCCCCCCC(=O)OCC(COP(=O)(O)OCC(O)COP(=O)(O)OCC(COC(=O)CCCCCCC/C=C\C/C=C\C/C=C\CC)OC(=O)CCCCCCCCCCCCC)OC(=O)CCCCCCCC/C=C\C/C=C\C/C=C\C/C=C\CC. The number of rotatable bonds is 75. The maximum absolute atomic E-state index is 13.1. The summed E-state index contributed by atoms with van der Waals surface area (Å²) in [6.07, 6.45) is 85.7. The van der Waals surface area contributed by atoms with Gasteiger partial charge in [-0.25, -0.2) is 9.13 Å². The summed E-state index contributed by atoms with van der Waals surface area (Å²) in [7, 11) is -9.97. The Morgan fingerprint density at radius 2 is 0.500 bits per heavy atom. The number of phosphoric acid groups is 2. The largest absolute Gasteiger partial charge is 0.472 e. The summed E-state index contributed by atoms with van der Waals surface area (Å²) >= 11 is 0. The number of hydrogen-bond acceptors (Lipinski definition) is 15. The lowest BCUT2D eigenvalue weighted by Crippen LogP contribution is -2.30. The molecule has 5 unspecified atom stereocenters. The standard InChI is InChI=1S/C85H144O17P2/c1-5-9-13-17-21-25-29-32-35-37-39-41-44-47-51-54-58-62-66-70-83(88)96-76-81(102-85(90)72-68-64-60-56-52-48-45-42-40-38-36-33-30-26-22-18-14-10-6-2)78-100-104(93,94)98-74-79(86)73-97-103(91,92)99-77-80(101-84(89)71-67-63-59-55-49-28-24-20-16-12-8-4)75-95-82(87)69-65-61-57-53-50-46-43-34-31-27-23-19-15-11-7-3/h9-11,13-15,21-23,25-27,32-36,39-43,79-81,86H,5-8,12,16-20,24,28-31,37-38,44-78H2,1-4H3,(H,91,92)(H,93,94)/b13-9-,14-10-,15-11-,25-21-,26-22-,27-23-,35-32-,36-33-,41-39-,42-40-,43-34-. The lowest BCUT2D eigenvalue weighted by Gasteiger charge is -2.21. The normalized spacial score (nSPS) is 14.6. The Labute approximate surface area is 631 Å². The molecule has 0 rings (SSSR count). The Hall–Kier alpha value is -4.80. The van der Waals surface area contributed by atoms with Crippen LogP contribution in [0, 0.1) is 0 Å². The van der Waals surface area contributed by atoms with Crippen molar-refractivity contribution in [3.63, 3.8) is 0 Å². The number of allylic oxidation sites excluding steroid dienone is 22. The van der Waals surface area contributed by atoms with E-state index >= 15 is 0 Å². The van der Waals surface area contributed by atoms with E-state index in [9.17, 15) is 43.2 Å². The predicted molar refractivity (Wildman–Crippen MR) is 427 cm³/mol. The number of ether oxygens (including phenoxy) is 4. The Balaban J connectivity index is 5.37. The molecule has 0 aliphatic carbocycles. The van der Waals surface area contributed by atoms with E-state index < -0.39 is 97.5 Å². The quantitative estimate of drug-likeness (QED) is 0.0169. The zero-order valence-corrected chi connectivity index (χ0v) is 66.9. The second-order valence-corrected chi connectivity index (χ2v) is 29.5. The van der Waals surface area contributed by atoms with Gasteiger partial charge in [0.1, 0.15) is 19.3 Å². The summed E-state index contributed by atoms with van der Waals surface area (Å²) < 4.78 is 68.6. The molecule has 0 bridgehead atoms. The van der Waals surface area contributed by atoms with Crippen molar-refractivity contribution in [2.45, 2.75) is 341 Å². The monoisotopic (exact) mass is 1500 g/mol. The molecule has 0 saturated heterocycles. The van der Waals surface area contributed by atoms with Crippen molar-refractivity contribution in [1.82, 2.24) is 0 Å². The van der Waals surface area contributed by atoms with Gasteiger partial charge in [0.25, 0.3) is 0 Å². The minimum absolute atomic E-state index is 0.0722. The Bertz CT molecular complexity index is 2490. The summed E-state index contributed by atoms with van der Waals surface area (Å²) in [5.74, 6) is -2.22. The average Bonchev–Trinajstić information content (AvgIpc) is 0.928. The number of aliphatic hydroxyl groups excluding tert-OH is 1. The zero-order valence-electron chi connectivity index (χ0n) is 65.2. The van der Waals surface area contributed by atoms with Gasteiger partial charge in [-0.3, -0.25) is 37.3 Å². The highest BCUT2D eigenvalue weighted by Crippen LogP contribution is 2.45. The number of unbranched alkanes of at least 4 members (excludes halogenated alkanes) is 27. The van der Waals surface area contributed by atoms with E-state index in [0.29, 0.717) is 25.7 Å². The Morgan fingerprint density at radius 1 is 0.279 bits per heavy atom. The van der Waals surface area contributed by atoms with E-state index in [1.807, 2.05) is 0 Å². The fraction of sp³-hybridized carbons (Fsp3) is 0.694. The molecule has 17 nitrogen and oxygen atoms in total. The van der Waals surface area contributed by atoms with Crippen molar-refractivity contribution in [2.24, 2.45) is 0 Å². The van der Waals surface area contributed by atoms with E-state index in [1.165, 1.54) is 38.5 Å². The third-order valence-electron chi connectivity index (χ3n) is 16.6. The molecule has 5 atom stereocenters. The number of phosphoric ester groups is 2. The topological polar surface area (TPSA) is 237 Å². The number of carbonyl (C=O) groups excluding carboxylic acids is 4. The van der Waals surface area contributed by atoms with Crippen molar-refractivity contribution in [3.05, 3.63) is 134 Å². The van der Waals surface area contributed by atoms with Crippen LogP contribution >= 0.6 is 15.6 Å². The van der Waals surface area contributed by atoms with Gasteiger partial charge in [-0.2, -0.15) is 0 Å². The molecule has 0 aromatic rings. The summed E-state index contributed by atoms with van der Waals surface area (Å²) in [5.41, 5.74) is 0. The Kier molecular flexibility index (Phi) is 72.9. The number of esters is 4. The zero-order chi connectivity index (χ0) is 76.0. The van der Waals surface area contributed by atoms with Gasteiger partial charge < -0.3 is 33.8 Å². The van der Waals surface area contributed by atoms with Gasteiger partial charge in [-0.1, -0.05) is 296 Å². The molecule has 0 saturated carbocycles. The molecule has 0 radical (unpaired) electrons. The molecule has 3 N–H and O–H groups in total. The van der Waals surface area contributed by atoms with Gasteiger partial charge in [0.2, 0.25) is 0 Å². The first-order valence-electron chi connectivity index (χ1n) is 40.4. The lowest BCUT2D eigenvalue weighted by atomic mass is 10.1. The molecule has 0 spiro atoms. The number of aliphatic hydroxyl groups is 1. The van der Waals surface area contributed by atoms with Gasteiger partial charge in [0.05, 0.1) is 26.4 Å². The Morgan fingerprint density at radius 3 is 0.769 bits per heavy atom. The maximum Gasteiger partial charge on any atom is 0.472 e. The van der Waals surface area contributed by atoms with Gasteiger partial charge >= 0.3 is 39.5 Å². The highest BCUT2D eigenvalue weighted by Gasteiger charge is 2.30. The van der Waals surface area contributed by atoms with Gasteiger partial charge in [0.15, 0.2) is 12.2 Å². The molecule has 0 heterocycles. The highest BCUT2D eigenvalue weighted by molar-refractivity contribution is 7.47. The first-order valence-corrected chi connectivity index (χ1v) is 43.4. The van der Waals surface area contributed by atoms with Crippen LogP contribution in [-0.2, 0) is 65.4 Å². The molecule has 0 aromatic carbocycles. The fourth-order valence-electron chi connectivity index (χ4n) is 10.6. The third-order valence-corrected chi connectivity index (χ3v) is 18.5. The first-order chi connectivity index (χ1) is 50.7. The second kappa shape index (κ2) is 76.4. The lowest BCUT2D eigenvalue weighted by molar-refractivity contribution is -0.161. The molecule has 19 heteroatoms. The van der Waals surface area contributed by atoms with Crippen LogP contribution in [-0.4, -0.2) is 96.7 Å². The molecule has 596 valence electrons. The van der Waals surface area contributed by atoms with Crippen LogP contribution in [0.1, 0.15) is 323 Å². The number of carbonyl (C=O) groups is 4. The first kappa shape index (κ1) is 99.2. The minimum Gasteiger partial charge on any atom is -0.462 e. The molecule has 0 aromatic heterocycles. The van der Waals surface area contributed by atoms with Gasteiger partial charge in [-0.05, 0) is 135 Å². The smallest absolute Gasteiger partial charge is 0.462 e. The third kappa shape index (κ3) is 75.4. The van der Waals surface area contributed by atoms with Crippen LogP contribution in [0.2, 0.25) is 0 Å². The van der Waals surface area contributed by atoms with E-state index in [0.717, 1.165) is 205 Å². The minimum atomic E-state index is -4.99. The predicted octanol–water partition coefficient (Wildman–Crippen LogP) is 23.7. The number of hydrogen-bond donors (Lipinski definition) is 3. The molecular weight excluding hydrogens is 1350 g/mol. The van der Waals surface area contributed by atoms with Gasteiger partial charge in [-0.15, -0.1) is 0 Å². The van der Waals surface area contributed by atoms with Gasteiger partial charge in [0, 0.05) is 25.7 Å². The van der Waals surface area contributed by atoms with Crippen LogP contribution in [0.4, 0.5) is 0 Å². The summed E-state index contributed by atoms with van der Waals surface area (Å²) in [4.78, 5) is 73.0. The molecule has 0 aliphatic rings. The average molecular weight is 1500 g/mol. The van der Waals surface area contributed by atoms with Crippen LogP contribution in [0.3, 0.4) is 0 Å². The van der Waals surface area contributed by atoms with Crippen molar-refractivity contribution < 1.29 is 80.2 Å². The molecule has 0 fully saturated rings. The second-order valence-electron chi connectivity index (χ2n) is 26.6. The van der Waals surface area contributed by atoms with E-state index in [4.69, 9.17) is 37.0 Å². The fourth-order valence-corrected chi connectivity index (χ4v) is 12.1. The highest BCUT2D eigenvalue weighted by atomic mass is 31.2. The summed E-state index contributed by atoms with van der Waals surface area (Å²) in [6, 6.07) is 0. The van der Waals surface area contributed by atoms with Crippen LogP contribution in [0.15, 0.2) is 134 Å².